The van der Waals surface area contributed by atoms with Gasteiger partial charge in [0.2, 0.25) is 0 Å². The standard InChI is InChI=1S/C13H15N3O2/c1-10(7-8-14)16(2)13-11(4-3-9-15-13)5-6-12(17)18/h3-6,9-10H,7H2,1-2H3,(H,17,18)/b6-5+. The lowest BCUT2D eigenvalue weighted by Crippen LogP contribution is -2.29. The second-order valence-corrected chi connectivity index (χ2v) is 3.91. The maximum atomic E-state index is 10.5. The lowest BCUT2D eigenvalue weighted by molar-refractivity contribution is -0.131. The minimum absolute atomic E-state index is 0.0156. The van der Waals surface area contributed by atoms with Crippen molar-refractivity contribution in [2.24, 2.45) is 0 Å². The van der Waals surface area contributed by atoms with E-state index in [-0.39, 0.29) is 6.04 Å². The van der Waals surface area contributed by atoms with E-state index in [1.54, 1.807) is 18.3 Å². The topological polar surface area (TPSA) is 77.2 Å². The van der Waals surface area contributed by atoms with Crippen LogP contribution >= 0.6 is 0 Å². The zero-order chi connectivity index (χ0) is 13.5. The Bertz CT molecular complexity index is 491. The number of carboxylic acid groups (broad SMARTS) is 1. The number of nitrogens with zero attached hydrogens (tertiary/aromatic N) is 3. The van der Waals surface area contributed by atoms with Crippen molar-refractivity contribution in [1.29, 1.82) is 5.26 Å². The summed E-state index contributed by atoms with van der Waals surface area (Å²) in [6, 6.07) is 5.65. The number of rotatable bonds is 5. The maximum absolute atomic E-state index is 10.5. The molecule has 94 valence electrons. The van der Waals surface area contributed by atoms with Gasteiger partial charge in [0.1, 0.15) is 5.82 Å². The predicted octanol–water partition coefficient (Wildman–Crippen LogP) is 1.92. The minimum atomic E-state index is -1.00. The van der Waals surface area contributed by atoms with Gasteiger partial charge >= 0.3 is 5.97 Å². The zero-order valence-corrected chi connectivity index (χ0v) is 10.4. The van der Waals surface area contributed by atoms with Crippen LogP contribution in [0.15, 0.2) is 24.4 Å². The number of hydrogen-bond donors (Lipinski definition) is 1. The molecule has 1 N–H and O–H groups in total. The van der Waals surface area contributed by atoms with Crippen molar-refractivity contribution in [3.63, 3.8) is 0 Å². The van der Waals surface area contributed by atoms with Gasteiger partial charge in [-0.25, -0.2) is 9.78 Å². The van der Waals surface area contributed by atoms with Gasteiger partial charge in [0.15, 0.2) is 0 Å². The number of anilines is 1. The number of carboxylic acids is 1. The first-order chi connectivity index (χ1) is 8.56. The van der Waals surface area contributed by atoms with Crippen molar-refractivity contribution >= 4 is 17.9 Å². The summed E-state index contributed by atoms with van der Waals surface area (Å²) in [4.78, 5) is 16.6. The molecule has 1 atom stereocenters. The largest absolute Gasteiger partial charge is 0.478 e. The molecule has 5 heteroatoms. The molecular formula is C13H15N3O2. The summed E-state index contributed by atoms with van der Waals surface area (Å²) in [5.74, 6) is -0.338. The highest BCUT2D eigenvalue weighted by atomic mass is 16.4. The molecule has 1 heterocycles. The van der Waals surface area contributed by atoms with Crippen molar-refractivity contribution in [3.05, 3.63) is 30.0 Å². The quantitative estimate of drug-likeness (QED) is 0.802. The van der Waals surface area contributed by atoms with Crippen molar-refractivity contribution in [2.75, 3.05) is 11.9 Å². The van der Waals surface area contributed by atoms with Gasteiger partial charge < -0.3 is 10.0 Å². The lowest BCUT2D eigenvalue weighted by Gasteiger charge is -2.25. The third-order valence-corrected chi connectivity index (χ3v) is 2.60. The van der Waals surface area contributed by atoms with Gasteiger partial charge in [-0.3, -0.25) is 0 Å². The summed E-state index contributed by atoms with van der Waals surface area (Å²) >= 11 is 0. The van der Waals surface area contributed by atoms with E-state index in [9.17, 15) is 4.79 Å². The highest BCUT2D eigenvalue weighted by molar-refractivity contribution is 5.86. The van der Waals surface area contributed by atoms with E-state index in [1.807, 2.05) is 18.9 Å². The van der Waals surface area contributed by atoms with Gasteiger partial charge in [-0.2, -0.15) is 5.26 Å². The van der Waals surface area contributed by atoms with E-state index in [0.29, 0.717) is 17.8 Å². The van der Waals surface area contributed by atoms with Crippen molar-refractivity contribution in [3.8, 4) is 6.07 Å². The molecule has 0 amide bonds. The molecule has 0 aliphatic heterocycles. The number of hydrogen-bond acceptors (Lipinski definition) is 4. The molecule has 5 nitrogen and oxygen atoms in total. The van der Waals surface area contributed by atoms with E-state index >= 15 is 0 Å². The first kappa shape index (κ1) is 13.7. The fraction of sp³-hybridized carbons (Fsp3) is 0.308. The molecule has 0 aliphatic rings. The molecular weight excluding hydrogens is 230 g/mol. The lowest BCUT2D eigenvalue weighted by atomic mass is 10.1. The third-order valence-electron chi connectivity index (χ3n) is 2.60. The second-order valence-electron chi connectivity index (χ2n) is 3.91. The van der Waals surface area contributed by atoms with Gasteiger partial charge in [0, 0.05) is 30.9 Å². The Morgan fingerprint density at radius 2 is 2.44 bits per heavy atom. The average Bonchev–Trinajstić information content (AvgIpc) is 2.36. The summed E-state index contributed by atoms with van der Waals surface area (Å²) in [6.45, 7) is 1.92. The van der Waals surface area contributed by atoms with E-state index in [2.05, 4.69) is 11.1 Å². The molecule has 1 aromatic rings. The molecule has 1 unspecified atom stereocenters. The molecule has 0 aliphatic carbocycles. The Kier molecular flexibility index (Phi) is 4.88. The van der Waals surface area contributed by atoms with Crippen LogP contribution in [0.25, 0.3) is 6.08 Å². The number of aromatic nitrogens is 1. The summed E-state index contributed by atoms with van der Waals surface area (Å²) in [5, 5.41) is 17.3. The monoisotopic (exact) mass is 245 g/mol. The fourth-order valence-electron chi connectivity index (χ4n) is 1.47. The normalized spacial score (nSPS) is 12.1. The second kappa shape index (κ2) is 6.40. The Morgan fingerprint density at radius 1 is 1.72 bits per heavy atom. The van der Waals surface area contributed by atoms with Crippen LogP contribution in [0.2, 0.25) is 0 Å². The van der Waals surface area contributed by atoms with E-state index in [4.69, 9.17) is 10.4 Å². The number of nitriles is 1. The SMILES string of the molecule is CC(CC#N)N(C)c1ncccc1/C=C/C(=O)O. The van der Waals surface area contributed by atoms with E-state index < -0.39 is 5.97 Å². The van der Waals surface area contributed by atoms with Gasteiger partial charge in [-0.1, -0.05) is 0 Å². The highest BCUT2D eigenvalue weighted by Gasteiger charge is 2.13. The molecule has 0 aromatic carbocycles. The molecule has 0 bridgehead atoms. The fourth-order valence-corrected chi connectivity index (χ4v) is 1.47. The van der Waals surface area contributed by atoms with Crippen molar-refractivity contribution in [2.45, 2.75) is 19.4 Å². The van der Waals surface area contributed by atoms with Crippen LogP contribution in [0.4, 0.5) is 5.82 Å². The minimum Gasteiger partial charge on any atom is -0.478 e. The van der Waals surface area contributed by atoms with Crippen LogP contribution in [0.3, 0.4) is 0 Å². The molecule has 1 aromatic heterocycles. The first-order valence-electron chi connectivity index (χ1n) is 5.52. The Balaban J connectivity index is 3.02. The van der Waals surface area contributed by atoms with Gasteiger partial charge in [0.25, 0.3) is 0 Å². The molecule has 0 radical (unpaired) electrons. The molecule has 18 heavy (non-hydrogen) atoms. The summed E-state index contributed by atoms with van der Waals surface area (Å²) in [7, 11) is 1.84. The van der Waals surface area contributed by atoms with Crippen LogP contribution in [-0.2, 0) is 4.79 Å². The van der Waals surface area contributed by atoms with Gasteiger partial charge in [-0.15, -0.1) is 0 Å². The van der Waals surface area contributed by atoms with E-state index in [0.717, 1.165) is 6.08 Å². The molecule has 1 rings (SSSR count). The highest BCUT2D eigenvalue weighted by Crippen LogP contribution is 2.20. The van der Waals surface area contributed by atoms with E-state index in [1.165, 1.54) is 6.08 Å². The summed E-state index contributed by atoms with van der Waals surface area (Å²) in [5.41, 5.74) is 0.715. The molecule has 0 saturated carbocycles. The first-order valence-corrected chi connectivity index (χ1v) is 5.52. The smallest absolute Gasteiger partial charge is 0.328 e. The Morgan fingerprint density at radius 3 is 3.06 bits per heavy atom. The summed E-state index contributed by atoms with van der Waals surface area (Å²) < 4.78 is 0. The van der Waals surface area contributed by atoms with Crippen LogP contribution in [0.5, 0.6) is 0 Å². The summed E-state index contributed by atoms with van der Waals surface area (Å²) in [6.07, 6.45) is 4.60. The van der Waals surface area contributed by atoms with Crippen LogP contribution in [0, 0.1) is 11.3 Å². The average molecular weight is 245 g/mol. The van der Waals surface area contributed by atoms with Crippen molar-refractivity contribution < 1.29 is 9.90 Å². The number of carbonyl (C=O) groups is 1. The Labute approximate surface area is 106 Å². The van der Waals surface area contributed by atoms with Crippen molar-refractivity contribution in [1.82, 2.24) is 4.98 Å². The van der Waals surface area contributed by atoms with Gasteiger partial charge in [-0.05, 0) is 25.1 Å². The number of aliphatic carboxylic acids is 1. The third kappa shape index (κ3) is 3.59. The molecule has 0 spiro atoms. The van der Waals surface area contributed by atoms with Crippen LogP contribution in [-0.4, -0.2) is 29.1 Å². The van der Waals surface area contributed by atoms with Crippen LogP contribution < -0.4 is 4.90 Å². The maximum Gasteiger partial charge on any atom is 0.328 e. The zero-order valence-electron chi connectivity index (χ0n) is 10.4. The predicted molar refractivity (Wildman–Crippen MR) is 69.0 cm³/mol. The Hall–Kier alpha value is -2.35. The number of pyridine rings is 1. The van der Waals surface area contributed by atoms with Crippen LogP contribution in [0.1, 0.15) is 18.9 Å². The van der Waals surface area contributed by atoms with Gasteiger partial charge in [0.05, 0.1) is 12.5 Å². The molecule has 0 fully saturated rings. The molecule has 0 saturated heterocycles.